The van der Waals surface area contributed by atoms with Crippen LogP contribution in [0.25, 0.3) is 0 Å². The fourth-order valence-corrected chi connectivity index (χ4v) is 2.75. The van der Waals surface area contributed by atoms with Crippen LogP contribution in [0.15, 0.2) is 28.7 Å². The SMILES string of the molecule is CCNc1nc(Cc2cccc(C)c2)nc(CC)c1Br. The highest BCUT2D eigenvalue weighted by Crippen LogP contribution is 2.24. The molecule has 2 rings (SSSR count). The van der Waals surface area contributed by atoms with Gasteiger partial charge in [-0.05, 0) is 41.8 Å². The highest BCUT2D eigenvalue weighted by molar-refractivity contribution is 9.10. The molecule has 0 saturated heterocycles. The molecule has 20 heavy (non-hydrogen) atoms. The molecule has 4 heteroatoms. The predicted octanol–water partition coefficient (Wildman–Crippen LogP) is 4.13. The average Bonchev–Trinajstić information content (AvgIpc) is 2.42. The lowest BCUT2D eigenvalue weighted by molar-refractivity contribution is 0.894. The third-order valence-corrected chi connectivity index (χ3v) is 3.92. The van der Waals surface area contributed by atoms with Gasteiger partial charge in [-0.25, -0.2) is 9.97 Å². The second kappa shape index (κ2) is 6.84. The minimum atomic E-state index is 0.764. The summed E-state index contributed by atoms with van der Waals surface area (Å²) in [6.45, 7) is 7.13. The van der Waals surface area contributed by atoms with Crippen LogP contribution in [0.2, 0.25) is 0 Å². The van der Waals surface area contributed by atoms with Gasteiger partial charge >= 0.3 is 0 Å². The molecule has 0 aliphatic carbocycles. The lowest BCUT2D eigenvalue weighted by Crippen LogP contribution is -2.08. The summed E-state index contributed by atoms with van der Waals surface area (Å²) >= 11 is 3.59. The van der Waals surface area contributed by atoms with Crippen molar-refractivity contribution >= 4 is 21.7 Å². The number of nitrogens with one attached hydrogen (secondary N) is 1. The molecule has 0 radical (unpaired) electrons. The van der Waals surface area contributed by atoms with E-state index in [0.29, 0.717) is 0 Å². The van der Waals surface area contributed by atoms with Gasteiger partial charge in [-0.1, -0.05) is 36.8 Å². The third kappa shape index (κ3) is 3.57. The van der Waals surface area contributed by atoms with Gasteiger partial charge in [0.25, 0.3) is 0 Å². The van der Waals surface area contributed by atoms with E-state index in [4.69, 9.17) is 0 Å². The number of rotatable bonds is 5. The van der Waals surface area contributed by atoms with Gasteiger partial charge < -0.3 is 5.32 Å². The number of anilines is 1. The number of aromatic nitrogens is 2. The van der Waals surface area contributed by atoms with Gasteiger partial charge in [0.1, 0.15) is 11.6 Å². The van der Waals surface area contributed by atoms with Crippen LogP contribution in [0.3, 0.4) is 0 Å². The molecule has 0 spiro atoms. The molecule has 0 saturated carbocycles. The van der Waals surface area contributed by atoms with Gasteiger partial charge in [0.2, 0.25) is 0 Å². The Balaban J connectivity index is 2.34. The Labute approximate surface area is 129 Å². The molecule has 0 aliphatic rings. The van der Waals surface area contributed by atoms with Crippen molar-refractivity contribution in [3.8, 4) is 0 Å². The van der Waals surface area contributed by atoms with Crippen LogP contribution in [-0.4, -0.2) is 16.5 Å². The Morgan fingerprint density at radius 1 is 1.20 bits per heavy atom. The molecule has 0 bridgehead atoms. The maximum atomic E-state index is 4.66. The van der Waals surface area contributed by atoms with E-state index in [0.717, 1.165) is 41.2 Å². The molecule has 0 atom stereocenters. The monoisotopic (exact) mass is 333 g/mol. The zero-order valence-corrected chi connectivity index (χ0v) is 13.8. The van der Waals surface area contributed by atoms with E-state index in [2.05, 4.69) is 76.3 Å². The van der Waals surface area contributed by atoms with Crippen LogP contribution in [0.5, 0.6) is 0 Å². The van der Waals surface area contributed by atoms with Crippen LogP contribution in [-0.2, 0) is 12.8 Å². The molecule has 0 amide bonds. The highest BCUT2D eigenvalue weighted by atomic mass is 79.9. The molecular weight excluding hydrogens is 314 g/mol. The van der Waals surface area contributed by atoms with E-state index in [1.807, 2.05) is 0 Å². The summed E-state index contributed by atoms with van der Waals surface area (Å²) in [4.78, 5) is 9.29. The zero-order chi connectivity index (χ0) is 14.5. The average molecular weight is 334 g/mol. The molecule has 0 unspecified atom stereocenters. The molecule has 1 heterocycles. The van der Waals surface area contributed by atoms with Crippen molar-refractivity contribution in [3.63, 3.8) is 0 Å². The van der Waals surface area contributed by atoms with Gasteiger partial charge in [-0.15, -0.1) is 0 Å². The van der Waals surface area contributed by atoms with E-state index < -0.39 is 0 Å². The fraction of sp³-hybridized carbons (Fsp3) is 0.375. The lowest BCUT2D eigenvalue weighted by Gasteiger charge is -2.11. The summed E-state index contributed by atoms with van der Waals surface area (Å²) < 4.78 is 0.981. The molecule has 1 N–H and O–H groups in total. The predicted molar refractivity (Wildman–Crippen MR) is 87.3 cm³/mol. The van der Waals surface area contributed by atoms with Crippen LogP contribution in [0.1, 0.15) is 36.5 Å². The van der Waals surface area contributed by atoms with E-state index in [1.165, 1.54) is 11.1 Å². The van der Waals surface area contributed by atoms with E-state index >= 15 is 0 Å². The van der Waals surface area contributed by atoms with Gasteiger partial charge in [0, 0.05) is 13.0 Å². The molecule has 0 fully saturated rings. The molecule has 0 aliphatic heterocycles. The normalized spacial score (nSPS) is 10.6. The summed E-state index contributed by atoms with van der Waals surface area (Å²) in [5, 5.41) is 3.29. The van der Waals surface area contributed by atoms with E-state index in [1.54, 1.807) is 0 Å². The summed E-state index contributed by atoms with van der Waals surface area (Å²) in [7, 11) is 0. The van der Waals surface area contributed by atoms with Gasteiger partial charge in [0.15, 0.2) is 0 Å². The van der Waals surface area contributed by atoms with Gasteiger partial charge in [-0.2, -0.15) is 0 Å². The second-order valence-corrected chi connectivity index (χ2v) is 5.59. The highest BCUT2D eigenvalue weighted by Gasteiger charge is 2.11. The molecule has 1 aromatic carbocycles. The number of aryl methyl sites for hydroxylation is 2. The van der Waals surface area contributed by atoms with Crippen LogP contribution in [0, 0.1) is 6.92 Å². The number of halogens is 1. The first-order valence-electron chi connectivity index (χ1n) is 6.98. The standard InChI is InChI=1S/C16H20BrN3/c1-4-13-15(17)16(18-5-2)20-14(19-13)10-12-8-6-7-11(3)9-12/h6-9H,4-5,10H2,1-3H3,(H,18,19,20). The van der Waals surface area contributed by atoms with Crippen LogP contribution in [0.4, 0.5) is 5.82 Å². The molecule has 2 aromatic rings. The van der Waals surface area contributed by atoms with Crippen molar-refractivity contribution in [1.82, 2.24) is 9.97 Å². The Morgan fingerprint density at radius 2 is 2.00 bits per heavy atom. The minimum Gasteiger partial charge on any atom is -0.369 e. The number of benzene rings is 1. The van der Waals surface area contributed by atoms with Gasteiger partial charge in [-0.3, -0.25) is 0 Å². The topological polar surface area (TPSA) is 37.8 Å². The van der Waals surface area contributed by atoms with E-state index in [-0.39, 0.29) is 0 Å². The Hall–Kier alpha value is -1.42. The van der Waals surface area contributed by atoms with E-state index in [9.17, 15) is 0 Å². The number of hydrogen-bond donors (Lipinski definition) is 1. The second-order valence-electron chi connectivity index (χ2n) is 4.80. The van der Waals surface area contributed by atoms with Crippen LogP contribution >= 0.6 is 15.9 Å². The Bertz CT molecular complexity index is 596. The summed E-state index contributed by atoms with van der Waals surface area (Å²) in [5.41, 5.74) is 3.57. The molecule has 3 nitrogen and oxygen atoms in total. The number of nitrogens with zero attached hydrogens (tertiary/aromatic N) is 2. The van der Waals surface area contributed by atoms with Crippen molar-refractivity contribution < 1.29 is 0 Å². The first kappa shape index (κ1) is 15.0. The molecule has 106 valence electrons. The zero-order valence-electron chi connectivity index (χ0n) is 12.2. The lowest BCUT2D eigenvalue weighted by atomic mass is 10.1. The summed E-state index contributed by atoms with van der Waals surface area (Å²) in [6.07, 6.45) is 1.66. The Kier molecular flexibility index (Phi) is 5.12. The first-order chi connectivity index (χ1) is 9.63. The minimum absolute atomic E-state index is 0.764. The van der Waals surface area contributed by atoms with Crippen molar-refractivity contribution in [2.24, 2.45) is 0 Å². The number of hydrogen-bond acceptors (Lipinski definition) is 3. The third-order valence-electron chi connectivity index (χ3n) is 3.09. The summed E-state index contributed by atoms with van der Waals surface area (Å²) in [5.74, 6) is 1.76. The fourth-order valence-electron chi connectivity index (χ4n) is 2.15. The first-order valence-corrected chi connectivity index (χ1v) is 7.78. The summed E-state index contributed by atoms with van der Waals surface area (Å²) in [6, 6.07) is 8.49. The van der Waals surface area contributed by atoms with Crippen molar-refractivity contribution in [2.45, 2.75) is 33.6 Å². The molecule has 1 aromatic heterocycles. The van der Waals surface area contributed by atoms with Crippen molar-refractivity contribution in [3.05, 3.63) is 51.4 Å². The maximum Gasteiger partial charge on any atom is 0.144 e. The quantitative estimate of drug-likeness (QED) is 0.893. The van der Waals surface area contributed by atoms with Crippen molar-refractivity contribution in [1.29, 1.82) is 0 Å². The van der Waals surface area contributed by atoms with Gasteiger partial charge in [0.05, 0.1) is 10.2 Å². The Morgan fingerprint density at radius 3 is 2.65 bits per heavy atom. The van der Waals surface area contributed by atoms with Crippen LogP contribution < -0.4 is 5.32 Å². The molecular formula is C16H20BrN3. The smallest absolute Gasteiger partial charge is 0.144 e. The maximum absolute atomic E-state index is 4.66. The van der Waals surface area contributed by atoms with Crippen molar-refractivity contribution in [2.75, 3.05) is 11.9 Å². The largest absolute Gasteiger partial charge is 0.369 e.